The quantitative estimate of drug-likeness (QED) is 0.517. The molecule has 0 saturated carbocycles. The first-order chi connectivity index (χ1) is 14.0. The van der Waals surface area contributed by atoms with Crippen molar-refractivity contribution < 1.29 is 9.47 Å². The minimum absolute atomic E-state index is 0.0635. The molecule has 1 aliphatic rings. The lowest BCUT2D eigenvalue weighted by atomic mass is 9.86. The Morgan fingerprint density at radius 1 is 1.45 bits per heavy atom. The van der Waals surface area contributed by atoms with Crippen molar-refractivity contribution >= 4 is 33.0 Å². The van der Waals surface area contributed by atoms with Crippen LogP contribution in [0.15, 0.2) is 58.3 Å². The highest BCUT2D eigenvalue weighted by atomic mass is 79.9. The molecule has 6 nitrogen and oxygen atoms in total. The average molecular weight is 469 g/mol. The first-order valence-corrected chi connectivity index (χ1v) is 10.3. The Labute approximate surface area is 180 Å². The summed E-state index contributed by atoms with van der Waals surface area (Å²) in [7, 11) is 1.61. The van der Waals surface area contributed by atoms with Crippen molar-refractivity contribution in [2.75, 3.05) is 7.11 Å². The molecule has 0 saturated heterocycles. The number of halogens is 1. The molecule has 0 fully saturated rings. The summed E-state index contributed by atoms with van der Waals surface area (Å²) in [5, 5.41) is 6.61. The molecule has 4 rings (SSSR count). The van der Waals surface area contributed by atoms with E-state index >= 15 is 0 Å². The van der Waals surface area contributed by atoms with Gasteiger partial charge in [0.15, 0.2) is 5.88 Å². The van der Waals surface area contributed by atoms with E-state index in [1.54, 1.807) is 23.1 Å². The minimum atomic E-state index is -0.427. The average Bonchev–Trinajstić information content (AvgIpc) is 3.34. The molecule has 1 aliphatic heterocycles. The van der Waals surface area contributed by atoms with Crippen LogP contribution >= 0.6 is 27.3 Å². The second-order valence-corrected chi connectivity index (χ2v) is 8.28. The lowest BCUT2D eigenvalue weighted by molar-refractivity contribution is 0.376. The van der Waals surface area contributed by atoms with Crippen LogP contribution in [0.1, 0.15) is 24.0 Å². The van der Waals surface area contributed by atoms with Crippen LogP contribution in [-0.2, 0) is 0 Å². The zero-order chi connectivity index (χ0) is 20.7. The molecule has 1 aromatic carbocycles. The maximum Gasteiger partial charge on any atom is 0.242 e. The molecule has 146 valence electrons. The van der Waals surface area contributed by atoms with E-state index in [1.807, 2.05) is 42.6 Å². The highest BCUT2D eigenvalue weighted by Crippen LogP contribution is 2.49. The fourth-order valence-electron chi connectivity index (χ4n) is 3.41. The summed E-state index contributed by atoms with van der Waals surface area (Å²) in [4.78, 5) is 4.72. The zero-order valence-electron chi connectivity index (χ0n) is 15.8. The second kappa shape index (κ2) is 7.43. The number of nitrogens with zero attached hydrogens (tertiary/aromatic N) is 3. The van der Waals surface area contributed by atoms with E-state index in [0.717, 1.165) is 31.9 Å². The largest absolute Gasteiger partial charge is 0.496 e. The Morgan fingerprint density at radius 3 is 2.83 bits per heavy atom. The van der Waals surface area contributed by atoms with Crippen LogP contribution in [0.2, 0.25) is 0 Å². The molecule has 0 radical (unpaired) electrons. The van der Waals surface area contributed by atoms with Gasteiger partial charge in [-0.3, -0.25) is 0 Å². The number of nitrogens with two attached hydrogens (primary N) is 1. The third-order valence-corrected chi connectivity index (χ3v) is 6.15. The molecule has 0 spiro atoms. The number of allylic oxidation sites excluding steroid dienone is 2. The summed E-state index contributed by atoms with van der Waals surface area (Å²) in [6.45, 7) is 13.7. The van der Waals surface area contributed by atoms with Crippen LogP contribution in [0.3, 0.4) is 0 Å². The fourth-order valence-corrected chi connectivity index (χ4v) is 4.74. The number of ether oxygens (including phenoxy) is 2. The number of methoxy groups -OCH3 is 1. The molecule has 1 atom stereocenters. The van der Waals surface area contributed by atoms with E-state index in [9.17, 15) is 0 Å². The highest BCUT2D eigenvalue weighted by molar-refractivity contribution is 9.10. The van der Waals surface area contributed by atoms with Gasteiger partial charge in [-0.1, -0.05) is 18.7 Å². The Hall–Kier alpha value is -3.02. The van der Waals surface area contributed by atoms with Gasteiger partial charge < -0.3 is 15.2 Å². The topological polar surface area (TPSA) is 66.7 Å². The second-order valence-electron chi connectivity index (χ2n) is 6.48. The Balaban J connectivity index is 2.03. The van der Waals surface area contributed by atoms with Gasteiger partial charge in [0.05, 0.1) is 34.6 Å². The fraction of sp³-hybridized carbons (Fsp3) is 0.143. The number of benzene rings is 1. The van der Waals surface area contributed by atoms with E-state index in [2.05, 4.69) is 32.5 Å². The number of thiophene rings is 1. The van der Waals surface area contributed by atoms with E-state index in [-0.39, 0.29) is 5.88 Å². The van der Waals surface area contributed by atoms with Crippen molar-refractivity contribution in [1.82, 2.24) is 9.78 Å². The van der Waals surface area contributed by atoms with Gasteiger partial charge in [-0.25, -0.2) is 9.53 Å². The maximum absolute atomic E-state index is 7.75. The van der Waals surface area contributed by atoms with Crippen molar-refractivity contribution in [3.63, 3.8) is 0 Å². The Bertz CT molecular complexity index is 1190. The Morgan fingerprint density at radius 2 is 2.24 bits per heavy atom. The minimum Gasteiger partial charge on any atom is -0.496 e. The molecule has 29 heavy (non-hydrogen) atoms. The number of rotatable bonds is 4. The molecule has 3 aromatic rings. The SMILES string of the molecule is [C-]#[N+]C1=C(N)Oc2nn(C(=C)C)c(-c3cccs3)c2C1c1ccc(OC)c(Br)c1. The summed E-state index contributed by atoms with van der Waals surface area (Å²) in [6, 6.07) is 9.72. The molecule has 0 bridgehead atoms. The van der Waals surface area contributed by atoms with Crippen LogP contribution in [0.4, 0.5) is 0 Å². The predicted octanol–water partition coefficient (Wildman–Crippen LogP) is 5.44. The van der Waals surface area contributed by atoms with E-state index < -0.39 is 5.92 Å². The third-order valence-electron chi connectivity index (χ3n) is 4.66. The molecule has 0 amide bonds. The summed E-state index contributed by atoms with van der Waals surface area (Å²) in [5.74, 6) is 0.730. The molecule has 2 aromatic heterocycles. The van der Waals surface area contributed by atoms with Crippen LogP contribution in [0, 0.1) is 6.57 Å². The van der Waals surface area contributed by atoms with Crippen molar-refractivity contribution in [3.05, 3.63) is 80.9 Å². The monoisotopic (exact) mass is 468 g/mol. The molecule has 0 aliphatic carbocycles. The number of hydrogen-bond donors (Lipinski definition) is 1. The predicted molar refractivity (Wildman–Crippen MR) is 118 cm³/mol. The summed E-state index contributed by atoms with van der Waals surface area (Å²) >= 11 is 5.13. The van der Waals surface area contributed by atoms with E-state index in [1.165, 1.54) is 0 Å². The van der Waals surface area contributed by atoms with Crippen molar-refractivity contribution in [2.24, 2.45) is 5.73 Å². The van der Waals surface area contributed by atoms with Crippen molar-refractivity contribution in [3.8, 4) is 22.2 Å². The number of fused-ring (bicyclic) bond motifs is 1. The number of aromatic nitrogens is 2. The molecule has 3 heterocycles. The summed E-state index contributed by atoms with van der Waals surface area (Å²) < 4.78 is 13.7. The first-order valence-electron chi connectivity index (χ1n) is 8.67. The summed E-state index contributed by atoms with van der Waals surface area (Å²) in [5.41, 5.74) is 9.72. The lowest BCUT2D eigenvalue weighted by Gasteiger charge is -2.24. The van der Waals surface area contributed by atoms with Crippen molar-refractivity contribution in [1.29, 1.82) is 0 Å². The molecule has 1 unspecified atom stereocenters. The van der Waals surface area contributed by atoms with Crippen LogP contribution in [0.25, 0.3) is 21.1 Å². The smallest absolute Gasteiger partial charge is 0.242 e. The van der Waals surface area contributed by atoms with E-state index in [0.29, 0.717) is 17.3 Å². The zero-order valence-corrected chi connectivity index (χ0v) is 18.2. The highest BCUT2D eigenvalue weighted by Gasteiger charge is 2.38. The standard InChI is InChI=1S/C21H17BrN4O2S/c1-11(2)26-19(15-6-5-9-29-15)17-16(12-7-8-14(27-4)13(22)10-12)18(24-3)20(23)28-21(17)25-26/h5-10,16H,1,23H2,2,4H3. The first kappa shape index (κ1) is 19.3. The van der Waals surface area contributed by atoms with Gasteiger partial charge in [-0.15, -0.1) is 16.4 Å². The van der Waals surface area contributed by atoms with Gasteiger partial charge in [0, 0.05) is 11.3 Å². The third kappa shape index (κ3) is 3.12. The van der Waals surface area contributed by atoms with Crippen LogP contribution < -0.4 is 15.2 Å². The lowest BCUT2D eigenvalue weighted by Crippen LogP contribution is -2.20. The molecular weight excluding hydrogens is 452 g/mol. The summed E-state index contributed by atoms with van der Waals surface area (Å²) in [6.07, 6.45) is 0. The van der Waals surface area contributed by atoms with E-state index in [4.69, 9.17) is 21.8 Å². The van der Waals surface area contributed by atoms with Gasteiger partial charge in [0.2, 0.25) is 11.6 Å². The van der Waals surface area contributed by atoms with Gasteiger partial charge in [-0.2, -0.15) is 0 Å². The molecule has 8 heteroatoms. The van der Waals surface area contributed by atoms with Gasteiger partial charge in [-0.05, 0) is 52.0 Å². The molecule has 2 N–H and O–H groups in total. The normalized spacial score (nSPS) is 15.4. The Kier molecular flexibility index (Phi) is 4.94. The van der Waals surface area contributed by atoms with Gasteiger partial charge >= 0.3 is 0 Å². The van der Waals surface area contributed by atoms with Gasteiger partial charge in [0.25, 0.3) is 0 Å². The van der Waals surface area contributed by atoms with Gasteiger partial charge in [0.1, 0.15) is 5.75 Å². The van der Waals surface area contributed by atoms with Crippen LogP contribution in [0.5, 0.6) is 11.6 Å². The number of hydrogen-bond acceptors (Lipinski definition) is 5. The van der Waals surface area contributed by atoms with Crippen molar-refractivity contribution in [2.45, 2.75) is 12.8 Å². The molecular formula is C21H17BrN4O2S. The maximum atomic E-state index is 7.75. The van der Waals surface area contributed by atoms with Crippen LogP contribution in [-0.4, -0.2) is 16.9 Å².